The summed E-state index contributed by atoms with van der Waals surface area (Å²) in [4.78, 5) is 7.71. The number of nitriles is 1. The van der Waals surface area contributed by atoms with Gasteiger partial charge in [0.15, 0.2) is 11.5 Å². The molecule has 4 rings (SSSR count). The van der Waals surface area contributed by atoms with Gasteiger partial charge in [0.25, 0.3) is 0 Å². The van der Waals surface area contributed by atoms with Gasteiger partial charge in [-0.3, -0.25) is 0 Å². The van der Waals surface area contributed by atoms with Crippen molar-refractivity contribution in [1.29, 1.82) is 5.26 Å². The van der Waals surface area contributed by atoms with E-state index >= 15 is 0 Å². The number of nitrogens with zero attached hydrogens (tertiary/aromatic N) is 2. The molecule has 0 aliphatic carbocycles. The summed E-state index contributed by atoms with van der Waals surface area (Å²) < 4.78 is 25.0. The van der Waals surface area contributed by atoms with Crippen LogP contribution in [0.25, 0.3) is 22.7 Å². The first-order chi connectivity index (χ1) is 15.1. The van der Waals surface area contributed by atoms with Crippen LogP contribution >= 0.6 is 0 Å². The van der Waals surface area contributed by atoms with Gasteiger partial charge in [0.1, 0.15) is 24.3 Å². The molecule has 1 heterocycles. The molecule has 31 heavy (non-hydrogen) atoms. The lowest BCUT2D eigenvalue weighted by atomic mass is 10.1. The van der Waals surface area contributed by atoms with Crippen molar-refractivity contribution in [1.82, 2.24) is 9.97 Å². The summed E-state index contributed by atoms with van der Waals surface area (Å²) in [6.45, 7) is 2.09. The number of ether oxygens (including phenoxy) is 2. The van der Waals surface area contributed by atoms with E-state index in [1.165, 1.54) is 13.2 Å². The normalized spacial score (nSPS) is 11.4. The van der Waals surface area contributed by atoms with Crippen molar-refractivity contribution in [2.24, 2.45) is 0 Å². The predicted molar refractivity (Wildman–Crippen MR) is 118 cm³/mol. The van der Waals surface area contributed by atoms with Gasteiger partial charge in [-0.15, -0.1) is 0 Å². The Morgan fingerprint density at radius 2 is 1.97 bits per heavy atom. The Kier molecular flexibility index (Phi) is 5.67. The van der Waals surface area contributed by atoms with Crippen molar-refractivity contribution >= 4 is 22.7 Å². The summed E-state index contributed by atoms with van der Waals surface area (Å²) in [7, 11) is 1.53. The van der Waals surface area contributed by atoms with Crippen LogP contribution in [0.2, 0.25) is 0 Å². The van der Waals surface area contributed by atoms with E-state index in [4.69, 9.17) is 9.47 Å². The van der Waals surface area contributed by atoms with E-state index in [9.17, 15) is 9.65 Å². The Balaban J connectivity index is 1.60. The van der Waals surface area contributed by atoms with E-state index < -0.39 is 0 Å². The number of imidazole rings is 1. The van der Waals surface area contributed by atoms with Crippen LogP contribution in [0.1, 0.15) is 22.5 Å². The highest BCUT2D eigenvalue weighted by Crippen LogP contribution is 2.30. The molecule has 0 unspecified atom stereocenters. The first-order valence-electron chi connectivity index (χ1n) is 9.70. The van der Waals surface area contributed by atoms with E-state index in [-0.39, 0.29) is 12.4 Å². The smallest absolute Gasteiger partial charge is 0.161 e. The number of benzene rings is 3. The van der Waals surface area contributed by atoms with E-state index in [1.54, 1.807) is 36.4 Å². The third kappa shape index (κ3) is 4.41. The van der Waals surface area contributed by atoms with Crippen molar-refractivity contribution in [3.05, 3.63) is 89.0 Å². The zero-order chi connectivity index (χ0) is 21.8. The van der Waals surface area contributed by atoms with Crippen LogP contribution in [0, 0.1) is 24.1 Å². The standard InChI is InChI=1S/C25H20FN3O2/c1-16-7-9-21-22(11-16)29-25(28-21)19(14-27)12-17-8-10-23(24(13-17)30-2)31-15-18-5-3-4-6-20(18)26/h3-13H,15H2,1-2H3,(H,28,29)/b19-12+. The second kappa shape index (κ2) is 8.72. The highest BCUT2D eigenvalue weighted by Gasteiger charge is 2.11. The number of hydrogen-bond donors (Lipinski definition) is 1. The van der Waals surface area contributed by atoms with E-state index in [2.05, 4.69) is 16.0 Å². The summed E-state index contributed by atoms with van der Waals surface area (Å²) in [5.74, 6) is 1.16. The molecule has 5 nitrogen and oxygen atoms in total. The molecule has 6 heteroatoms. The molecule has 4 aromatic rings. The molecule has 0 atom stereocenters. The number of allylic oxidation sites excluding steroid dienone is 1. The van der Waals surface area contributed by atoms with Crippen molar-refractivity contribution in [2.45, 2.75) is 13.5 Å². The third-order valence-corrected chi connectivity index (χ3v) is 4.85. The lowest BCUT2D eigenvalue weighted by molar-refractivity contribution is 0.279. The zero-order valence-electron chi connectivity index (χ0n) is 17.1. The largest absolute Gasteiger partial charge is 0.493 e. The summed E-state index contributed by atoms with van der Waals surface area (Å²) in [6.07, 6.45) is 1.73. The zero-order valence-corrected chi connectivity index (χ0v) is 17.1. The molecule has 0 fully saturated rings. The second-order valence-corrected chi connectivity index (χ2v) is 7.07. The molecule has 154 valence electrons. The van der Waals surface area contributed by atoms with Crippen molar-refractivity contribution in [2.75, 3.05) is 7.11 Å². The average Bonchev–Trinajstić information content (AvgIpc) is 3.20. The summed E-state index contributed by atoms with van der Waals surface area (Å²) in [6, 6.07) is 19.9. The van der Waals surface area contributed by atoms with Gasteiger partial charge in [-0.25, -0.2) is 9.37 Å². The first kappa shape index (κ1) is 20.2. The molecule has 0 amide bonds. The number of rotatable bonds is 6. The Hall–Kier alpha value is -4.11. The summed E-state index contributed by atoms with van der Waals surface area (Å²) >= 11 is 0. The third-order valence-electron chi connectivity index (χ3n) is 4.85. The topological polar surface area (TPSA) is 70.9 Å². The number of nitrogens with one attached hydrogen (secondary N) is 1. The minimum absolute atomic E-state index is 0.0834. The SMILES string of the molecule is COc1cc(/C=C(\C#N)c2nc3ccc(C)cc3[nH]2)ccc1OCc1ccccc1F. The first-order valence-corrected chi connectivity index (χ1v) is 9.70. The van der Waals surface area contributed by atoms with Crippen molar-refractivity contribution in [3.63, 3.8) is 0 Å². The number of halogens is 1. The van der Waals surface area contributed by atoms with Crippen molar-refractivity contribution in [3.8, 4) is 17.6 Å². The molecule has 1 aromatic heterocycles. The number of hydrogen-bond acceptors (Lipinski definition) is 4. The van der Waals surface area contributed by atoms with Gasteiger partial charge in [-0.1, -0.05) is 30.3 Å². The fourth-order valence-electron chi connectivity index (χ4n) is 3.24. The Bertz CT molecular complexity index is 1320. The van der Waals surface area contributed by atoms with Gasteiger partial charge in [0.05, 0.1) is 23.7 Å². The highest BCUT2D eigenvalue weighted by molar-refractivity contribution is 5.90. The number of methoxy groups -OCH3 is 1. The van der Waals surface area contributed by atoms with Crippen LogP contribution in [0.3, 0.4) is 0 Å². The molecule has 0 aliphatic rings. The van der Waals surface area contributed by atoms with E-state index in [1.807, 2.05) is 31.2 Å². The molecule has 0 bridgehead atoms. The molecule has 0 saturated heterocycles. The molecule has 1 N–H and O–H groups in total. The van der Waals surface area contributed by atoms with Gasteiger partial charge in [-0.05, 0) is 54.5 Å². The Morgan fingerprint density at radius 3 is 2.74 bits per heavy atom. The van der Waals surface area contributed by atoms with Crippen LogP contribution < -0.4 is 9.47 Å². The van der Waals surface area contributed by atoms with Crippen LogP contribution in [-0.4, -0.2) is 17.1 Å². The fraction of sp³-hybridized carbons (Fsp3) is 0.120. The van der Waals surface area contributed by atoms with Crippen molar-refractivity contribution < 1.29 is 13.9 Å². The predicted octanol–water partition coefficient (Wildman–Crippen LogP) is 5.66. The molecule has 0 radical (unpaired) electrons. The van der Waals surface area contributed by atoms with Crippen LogP contribution in [-0.2, 0) is 6.61 Å². The number of H-pyrrole nitrogens is 1. The van der Waals surface area contributed by atoms with Crippen LogP contribution in [0.15, 0.2) is 60.7 Å². The molecule has 0 spiro atoms. The van der Waals surface area contributed by atoms with Gasteiger partial charge >= 0.3 is 0 Å². The maximum atomic E-state index is 13.8. The maximum absolute atomic E-state index is 13.8. The lowest BCUT2D eigenvalue weighted by Gasteiger charge is -2.12. The van der Waals surface area contributed by atoms with Gasteiger partial charge in [-0.2, -0.15) is 5.26 Å². The molecule has 0 aliphatic heterocycles. The van der Waals surface area contributed by atoms with Gasteiger partial charge < -0.3 is 14.5 Å². The molecule has 3 aromatic carbocycles. The quantitative estimate of drug-likeness (QED) is 0.414. The van der Waals surface area contributed by atoms with Crippen LogP contribution in [0.5, 0.6) is 11.5 Å². The van der Waals surface area contributed by atoms with E-state index in [0.717, 1.165) is 22.2 Å². The summed E-state index contributed by atoms with van der Waals surface area (Å²) in [5.41, 5.74) is 4.40. The van der Waals surface area contributed by atoms with Gasteiger partial charge in [0.2, 0.25) is 0 Å². The Morgan fingerprint density at radius 1 is 1.13 bits per heavy atom. The maximum Gasteiger partial charge on any atom is 0.161 e. The monoisotopic (exact) mass is 413 g/mol. The van der Waals surface area contributed by atoms with Crippen LogP contribution in [0.4, 0.5) is 4.39 Å². The highest BCUT2D eigenvalue weighted by atomic mass is 19.1. The average molecular weight is 413 g/mol. The minimum atomic E-state index is -0.319. The number of aryl methyl sites for hydroxylation is 1. The second-order valence-electron chi connectivity index (χ2n) is 7.07. The fourth-order valence-corrected chi connectivity index (χ4v) is 3.24. The molecular formula is C25H20FN3O2. The lowest BCUT2D eigenvalue weighted by Crippen LogP contribution is -2.00. The number of aromatic amines is 1. The molecule has 0 saturated carbocycles. The summed E-state index contributed by atoms with van der Waals surface area (Å²) in [5, 5.41) is 9.67. The number of fused-ring (bicyclic) bond motifs is 1. The molecular weight excluding hydrogens is 393 g/mol. The number of aromatic nitrogens is 2. The van der Waals surface area contributed by atoms with Gasteiger partial charge in [0, 0.05) is 5.56 Å². The Labute approximate surface area is 179 Å². The van der Waals surface area contributed by atoms with E-state index in [0.29, 0.717) is 28.5 Å². The minimum Gasteiger partial charge on any atom is -0.493 e.